The Labute approximate surface area is 75.8 Å². The van der Waals surface area contributed by atoms with E-state index in [0.29, 0.717) is 16.1 Å². The highest BCUT2D eigenvalue weighted by Gasteiger charge is 2.01. The van der Waals surface area contributed by atoms with Crippen LogP contribution in [0.5, 0.6) is 0 Å². The number of rotatable bonds is 2. The minimum Gasteiger partial charge on any atom is -0.231 e. The maximum atomic E-state index is 8.55. The van der Waals surface area contributed by atoms with Crippen molar-refractivity contribution in [2.75, 3.05) is 0 Å². The summed E-state index contributed by atoms with van der Waals surface area (Å²) in [5, 5.41) is 9.66. The molecule has 0 unspecified atom stereocenters. The topological polar surface area (TPSA) is 49.6 Å². The number of hydrogen-bond acceptors (Lipinski definition) is 4. The average molecular weight is 179 g/mol. The molecule has 0 spiro atoms. The minimum absolute atomic E-state index is 0.424. The molecule has 0 fully saturated rings. The monoisotopic (exact) mass is 179 g/mol. The number of nitrogens with zero attached hydrogens (tertiary/aromatic N) is 3. The zero-order valence-corrected chi connectivity index (χ0v) is 7.80. The van der Waals surface area contributed by atoms with Gasteiger partial charge in [0.05, 0.1) is 0 Å². The van der Waals surface area contributed by atoms with Crippen molar-refractivity contribution in [3.8, 4) is 6.07 Å². The summed E-state index contributed by atoms with van der Waals surface area (Å²) in [6.07, 6.45) is 1.61. The second-order valence-electron chi connectivity index (χ2n) is 2.50. The third kappa shape index (κ3) is 2.51. The van der Waals surface area contributed by atoms with Gasteiger partial charge in [0.15, 0.2) is 5.16 Å². The summed E-state index contributed by atoms with van der Waals surface area (Å²) < 4.78 is 0. The Bertz CT molecular complexity index is 303. The first-order chi connectivity index (χ1) is 5.72. The Hall–Kier alpha value is -1.08. The first kappa shape index (κ1) is 9.01. The van der Waals surface area contributed by atoms with Crippen molar-refractivity contribution in [1.82, 2.24) is 9.97 Å². The van der Waals surface area contributed by atoms with Gasteiger partial charge in [-0.25, -0.2) is 9.97 Å². The minimum atomic E-state index is 0.424. The molecule has 1 heterocycles. The normalized spacial score (nSPS) is 9.83. The fourth-order valence-corrected chi connectivity index (χ4v) is 1.37. The Kier molecular flexibility index (Phi) is 3.06. The number of hydrogen-bond donors (Lipinski definition) is 0. The lowest BCUT2D eigenvalue weighted by molar-refractivity contribution is 0.941. The van der Waals surface area contributed by atoms with E-state index in [9.17, 15) is 0 Å². The molecule has 0 amide bonds. The molecular weight excluding hydrogens is 170 g/mol. The van der Waals surface area contributed by atoms with Gasteiger partial charge in [-0.05, 0) is 6.07 Å². The smallest absolute Gasteiger partial charge is 0.189 e. The van der Waals surface area contributed by atoms with E-state index in [1.54, 1.807) is 24.0 Å². The van der Waals surface area contributed by atoms with E-state index in [1.165, 1.54) is 0 Å². The molecule has 1 aromatic rings. The zero-order chi connectivity index (χ0) is 8.97. The Morgan fingerprint density at radius 3 is 2.92 bits per heavy atom. The summed E-state index contributed by atoms with van der Waals surface area (Å²) in [6.45, 7) is 4.13. The van der Waals surface area contributed by atoms with Crippen molar-refractivity contribution in [2.45, 2.75) is 24.3 Å². The van der Waals surface area contributed by atoms with E-state index in [-0.39, 0.29) is 0 Å². The lowest BCUT2D eigenvalue weighted by atomic mass is 10.5. The maximum absolute atomic E-state index is 8.55. The lowest BCUT2D eigenvalue weighted by Gasteiger charge is -2.01. The van der Waals surface area contributed by atoms with Gasteiger partial charge < -0.3 is 0 Å². The zero-order valence-electron chi connectivity index (χ0n) is 6.98. The summed E-state index contributed by atoms with van der Waals surface area (Å²) in [7, 11) is 0. The molecule has 1 aromatic heterocycles. The van der Waals surface area contributed by atoms with E-state index < -0.39 is 0 Å². The lowest BCUT2D eigenvalue weighted by Crippen LogP contribution is -1.93. The SMILES string of the molecule is CC(C)Sc1nccc(C#N)n1. The molecule has 0 atom stereocenters. The molecule has 0 bridgehead atoms. The highest BCUT2D eigenvalue weighted by atomic mass is 32.2. The Balaban J connectivity index is 2.81. The Morgan fingerprint density at radius 1 is 1.58 bits per heavy atom. The first-order valence-corrected chi connectivity index (χ1v) is 4.50. The average Bonchev–Trinajstić information content (AvgIpc) is 2.03. The van der Waals surface area contributed by atoms with Crippen molar-refractivity contribution in [2.24, 2.45) is 0 Å². The van der Waals surface area contributed by atoms with Crippen LogP contribution in [0.25, 0.3) is 0 Å². The van der Waals surface area contributed by atoms with E-state index in [1.807, 2.05) is 6.07 Å². The summed E-state index contributed by atoms with van der Waals surface area (Å²) in [5.41, 5.74) is 0.424. The van der Waals surface area contributed by atoms with Gasteiger partial charge in [-0.3, -0.25) is 0 Å². The van der Waals surface area contributed by atoms with Crippen LogP contribution in [0.15, 0.2) is 17.4 Å². The van der Waals surface area contributed by atoms with Crippen LogP contribution in [-0.2, 0) is 0 Å². The number of nitriles is 1. The molecule has 3 nitrogen and oxygen atoms in total. The molecule has 0 saturated heterocycles. The van der Waals surface area contributed by atoms with Gasteiger partial charge in [-0.2, -0.15) is 5.26 Å². The summed E-state index contributed by atoms with van der Waals surface area (Å²) in [5.74, 6) is 0. The Morgan fingerprint density at radius 2 is 2.33 bits per heavy atom. The molecule has 1 rings (SSSR count). The highest BCUT2D eigenvalue weighted by Crippen LogP contribution is 2.17. The third-order valence-electron chi connectivity index (χ3n) is 1.09. The van der Waals surface area contributed by atoms with Gasteiger partial charge in [0, 0.05) is 11.4 Å². The molecule has 0 radical (unpaired) electrons. The fourth-order valence-electron chi connectivity index (χ4n) is 0.671. The van der Waals surface area contributed by atoms with E-state index >= 15 is 0 Å². The first-order valence-electron chi connectivity index (χ1n) is 3.62. The highest BCUT2D eigenvalue weighted by molar-refractivity contribution is 7.99. The molecule has 12 heavy (non-hydrogen) atoms. The van der Waals surface area contributed by atoms with Gasteiger partial charge in [0.2, 0.25) is 0 Å². The summed E-state index contributed by atoms with van der Waals surface area (Å²) in [6, 6.07) is 3.58. The third-order valence-corrected chi connectivity index (χ3v) is 1.97. The van der Waals surface area contributed by atoms with E-state index in [2.05, 4.69) is 23.8 Å². The van der Waals surface area contributed by atoms with Crippen LogP contribution in [0.4, 0.5) is 0 Å². The predicted octanol–water partition coefficient (Wildman–Crippen LogP) is 1.85. The van der Waals surface area contributed by atoms with Gasteiger partial charge >= 0.3 is 0 Å². The molecule has 4 heteroatoms. The maximum Gasteiger partial charge on any atom is 0.189 e. The molecule has 0 aliphatic carbocycles. The van der Waals surface area contributed by atoms with Crippen LogP contribution in [0.1, 0.15) is 19.5 Å². The van der Waals surface area contributed by atoms with Gasteiger partial charge in [0.1, 0.15) is 11.8 Å². The van der Waals surface area contributed by atoms with E-state index in [0.717, 1.165) is 0 Å². The van der Waals surface area contributed by atoms with Crippen molar-refractivity contribution in [3.05, 3.63) is 18.0 Å². The van der Waals surface area contributed by atoms with Gasteiger partial charge in [-0.15, -0.1) is 0 Å². The van der Waals surface area contributed by atoms with Gasteiger partial charge in [-0.1, -0.05) is 25.6 Å². The molecule has 62 valence electrons. The van der Waals surface area contributed by atoms with E-state index in [4.69, 9.17) is 5.26 Å². The van der Waals surface area contributed by atoms with Crippen LogP contribution >= 0.6 is 11.8 Å². The molecule has 0 aromatic carbocycles. The number of thioether (sulfide) groups is 1. The van der Waals surface area contributed by atoms with Crippen molar-refractivity contribution in [3.63, 3.8) is 0 Å². The van der Waals surface area contributed by atoms with Crippen LogP contribution in [0.3, 0.4) is 0 Å². The van der Waals surface area contributed by atoms with Gasteiger partial charge in [0.25, 0.3) is 0 Å². The van der Waals surface area contributed by atoms with Crippen molar-refractivity contribution < 1.29 is 0 Å². The molecule has 0 saturated carbocycles. The summed E-state index contributed by atoms with van der Waals surface area (Å²) >= 11 is 1.55. The largest absolute Gasteiger partial charge is 0.231 e. The fraction of sp³-hybridized carbons (Fsp3) is 0.375. The summed E-state index contributed by atoms with van der Waals surface area (Å²) in [4.78, 5) is 8.05. The van der Waals surface area contributed by atoms with Crippen LogP contribution in [0, 0.1) is 11.3 Å². The quantitative estimate of drug-likeness (QED) is 0.513. The van der Waals surface area contributed by atoms with Crippen LogP contribution in [0.2, 0.25) is 0 Å². The predicted molar refractivity (Wildman–Crippen MR) is 47.7 cm³/mol. The molecule has 0 aliphatic rings. The second kappa shape index (κ2) is 4.07. The van der Waals surface area contributed by atoms with Crippen molar-refractivity contribution >= 4 is 11.8 Å². The standard InChI is InChI=1S/C8H9N3S/c1-6(2)12-8-10-4-3-7(5-9)11-8/h3-4,6H,1-2H3. The molecule has 0 aliphatic heterocycles. The second-order valence-corrected chi connectivity index (χ2v) is 4.05. The van der Waals surface area contributed by atoms with Crippen LogP contribution < -0.4 is 0 Å². The number of aromatic nitrogens is 2. The molecular formula is C8H9N3S. The van der Waals surface area contributed by atoms with Crippen LogP contribution in [-0.4, -0.2) is 15.2 Å². The molecule has 0 N–H and O–H groups in total. The van der Waals surface area contributed by atoms with Crippen molar-refractivity contribution in [1.29, 1.82) is 5.26 Å².